The number of carbonyl (C=O) groups is 1. The smallest absolute Gasteiger partial charge is 0.304 e. The molecule has 0 heterocycles. The number of aliphatic carboxylic acids is 1. The lowest BCUT2D eigenvalue weighted by Gasteiger charge is -2.18. The molecule has 0 saturated heterocycles. The van der Waals surface area contributed by atoms with E-state index in [0.29, 0.717) is 0 Å². The van der Waals surface area contributed by atoms with Crippen molar-refractivity contribution in [2.45, 2.75) is 33.1 Å². The van der Waals surface area contributed by atoms with Crippen LogP contribution in [0, 0.1) is 20.8 Å². The Bertz CT molecular complexity index is 373. The summed E-state index contributed by atoms with van der Waals surface area (Å²) in [5.74, 6) is -1.18. The first-order valence-electron chi connectivity index (χ1n) is 5.36. The van der Waals surface area contributed by atoms with Crippen molar-refractivity contribution in [1.29, 1.82) is 0 Å². The summed E-state index contributed by atoms with van der Waals surface area (Å²) in [4.78, 5) is 10.7. The molecule has 2 N–H and O–H groups in total. The zero-order chi connectivity index (χ0) is 12.3. The van der Waals surface area contributed by atoms with Crippen LogP contribution in [0.5, 0.6) is 0 Å². The molecule has 1 rings (SSSR count). The average Bonchev–Trinajstić information content (AvgIpc) is 2.13. The van der Waals surface area contributed by atoms with Crippen LogP contribution in [0.15, 0.2) is 12.1 Å². The third-order valence-electron chi connectivity index (χ3n) is 2.79. The van der Waals surface area contributed by atoms with Gasteiger partial charge in [0, 0.05) is 5.92 Å². The molecule has 1 atom stereocenters. The number of hydrogen-bond acceptors (Lipinski definition) is 2. The summed E-state index contributed by atoms with van der Waals surface area (Å²) in [6, 6.07) is 4.04. The number of aliphatic hydroxyl groups is 1. The van der Waals surface area contributed by atoms with Gasteiger partial charge in [-0.2, -0.15) is 0 Å². The molecule has 0 bridgehead atoms. The molecular formula is C13H18O3. The number of aryl methyl sites for hydroxylation is 3. The molecule has 0 spiro atoms. The number of carboxylic acid groups (broad SMARTS) is 1. The Labute approximate surface area is 95.7 Å². The lowest BCUT2D eigenvalue weighted by molar-refractivity contribution is -0.137. The monoisotopic (exact) mass is 222 g/mol. The second-order valence-electron chi connectivity index (χ2n) is 4.29. The van der Waals surface area contributed by atoms with Gasteiger partial charge in [-0.3, -0.25) is 4.79 Å². The Balaban J connectivity index is 3.14. The fourth-order valence-corrected chi connectivity index (χ4v) is 2.30. The van der Waals surface area contributed by atoms with Crippen molar-refractivity contribution in [3.63, 3.8) is 0 Å². The standard InChI is InChI=1S/C13H18O3/c1-8-4-9(2)13(10(3)5-8)11(7-14)6-12(15)16/h4-5,11,14H,6-7H2,1-3H3,(H,15,16). The van der Waals surface area contributed by atoms with Crippen molar-refractivity contribution in [2.75, 3.05) is 6.61 Å². The topological polar surface area (TPSA) is 57.5 Å². The molecule has 0 fully saturated rings. The van der Waals surface area contributed by atoms with Crippen LogP contribution in [-0.2, 0) is 4.79 Å². The highest BCUT2D eigenvalue weighted by atomic mass is 16.4. The van der Waals surface area contributed by atoms with Crippen LogP contribution < -0.4 is 0 Å². The molecule has 0 aromatic heterocycles. The average molecular weight is 222 g/mol. The molecule has 88 valence electrons. The molecule has 0 amide bonds. The quantitative estimate of drug-likeness (QED) is 0.820. The van der Waals surface area contributed by atoms with Crippen LogP contribution in [0.2, 0.25) is 0 Å². The van der Waals surface area contributed by atoms with Crippen LogP contribution >= 0.6 is 0 Å². The van der Waals surface area contributed by atoms with Gasteiger partial charge in [-0.15, -0.1) is 0 Å². The third kappa shape index (κ3) is 2.83. The van der Waals surface area contributed by atoms with E-state index < -0.39 is 5.97 Å². The zero-order valence-corrected chi connectivity index (χ0v) is 9.95. The van der Waals surface area contributed by atoms with E-state index in [9.17, 15) is 9.90 Å². The third-order valence-corrected chi connectivity index (χ3v) is 2.79. The summed E-state index contributed by atoms with van der Waals surface area (Å²) in [6.45, 7) is 5.80. The van der Waals surface area contributed by atoms with E-state index in [4.69, 9.17) is 5.11 Å². The van der Waals surface area contributed by atoms with Gasteiger partial charge < -0.3 is 10.2 Å². The van der Waals surface area contributed by atoms with Crippen LogP contribution in [0.1, 0.15) is 34.6 Å². The van der Waals surface area contributed by atoms with E-state index in [-0.39, 0.29) is 18.9 Å². The summed E-state index contributed by atoms with van der Waals surface area (Å²) >= 11 is 0. The Morgan fingerprint density at radius 1 is 1.25 bits per heavy atom. The second kappa shape index (κ2) is 5.12. The van der Waals surface area contributed by atoms with Gasteiger partial charge in [0.05, 0.1) is 13.0 Å². The molecule has 0 aliphatic rings. The maximum Gasteiger partial charge on any atom is 0.304 e. The molecule has 3 nitrogen and oxygen atoms in total. The molecule has 0 radical (unpaired) electrons. The predicted octanol–water partition coefficient (Wildman–Crippen LogP) is 2.16. The summed E-state index contributed by atoms with van der Waals surface area (Å²) < 4.78 is 0. The maximum absolute atomic E-state index is 10.7. The Kier molecular flexibility index (Phi) is 4.07. The highest BCUT2D eigenvalue weighted by Crippen LogP contribution is 2.27. The van der Waals surface area contributed by atoms with Crippen molar-refractivity contribution in [3.8, 4) is 0 Å². The minimum atomic E-state index is -0.876. The summed E-state index contributed by atoms with van der Waals surface area (Å²) in [7, 11) is 0. The second-order valence-corrected chi connectivity index (χ2v) is 4.29. The largest absolute Gasteiger partial charge is 0.481 e. The number of carboxylic acids is 1. The maximum atomic E-state index is 10.7. The van der Waals surface area contributed by atoms with E-state index in [1.165, 1.54) is 0 Å². The zero-order valence-electron chi connectivity index (χ0n) is 9.95. The van der Waals surface area contributed by atoms with Gasteiger partial charge in [-0.05, 0) is 37.5 Å². The predicted molar refractivity (Wildman–Crippen MR) is 62.7 cm³/mol. The first-order valence-corrected chi connectivity index (χ1v) is 5.36. The molecule has 1 aromatic carbocycles. The summed E-state index contributed by atoms with van der Waals surface area (Å²) in [6.07, 6.45) is -0.0265. The molecule has 0 aliphatic heterocycles. The van der Waals surface area contributed by atoms with Gasteiger partial charge in [-0.1, -0.05) is 17.7 Å². The minimum absolute atomic E-state index is 0.0265. The van der Waals surface area contributed by atoms with E-state index >= 15 is 0 Å². The number of aliphatic hydroxyl groups excluding tert-OH is 1. The van der Waals surface area contributed by atoms with Crippen molar-refractivity contribution < 1.29 is 15.0 Å². The van der Waals surface area contributed by atoms with Crippen LogP contribution in [0.4, 0.5) is 0 Å². The van der Waals surface area contributed by atoms with Gasteiger partial charge in [0.25, 0.3) is 0 Å². The van der Waals surface area contributed by atoms with Crippen molar-refractivity contribution in [1.82, 2.24) is 0 Å². The molecule has 3 heteroatoms. The number of hydrogen-bond donors (Lipinski definition) is 2. The number of benzene rings is 1. The van der Waals surface area contributed by atoms with Crippen LogP contribution in [0.25, 0.3) is 0 Å². The van der Waals surface area contributed by atoms with Crippen molar-refractivity contribution in [3.05, 3.63) is 34.4 Å². The first kappa shape index (κ1) is 12.7. The summed E-state index contributed by atoms with van der Waals surface area (Å²) in [5.41, 5.74) is 4.23. The van der Waals surface area contributed by atoms with E-state index in [1.807, 2.05) is 32.9 Å². The SMILES string of the molecule is Cc1cc(C)c(C(CO)CC(=O)O)c(C)c1. The normalized spacial score (nSPS) is 12.5. The van der Waals surface area contributed by atoms with Gasteiger partial charge in [0.15, 0.2) is 0 Å². The Morgan fingerprint density at radius 2 is 1.75 bits per heavy atom. The van der Waals surface area contributed by atoms with Crippen LogP contribution in [-0.4, -0.2) is 22.8 Å². The number of rotatable bonds is 4. The molecule has 0 saturated carbocycles. The molecular weight excluding hydrogens is 204 g/mol. The van der Waals surface area contributed by atoms with Crippen molar-refractivity contribution in [2.24, 2.45) is 0 Å². The molecule has 16 heavy (non-hydrogen) atoms. The molecule has 1 unspecified atom stereocenters. The lowest BCUT2D eigenvalue weighted by Crippen LogP contribution is -2.13. The fraction of sp³-hybridized carbons (Fsp3) is 0.462. The summed E-state index contributed by atoms with van der Waals surface area (Å²) in [5, 5.41) is 18.1. The Morgan fingerprint density at radius 3 is 2.12 bits per heavy atom. The molecule has 1 aromatic rings. The molecule has 0 aliphatic carbocycles. The van der Waals surface area contributed by atoms with Crippen LogP contribution in [0.3, 0.4) is 0 Å². The highest BCUT2D eigenvalue weighted by molar-refractivity contribution is 5.68. The van der Waals surface area contributed by atoms with Gasteiger partial charge >= 0.3 is 5.97 Å². The van der Waals surface area contributed by atoms with Gasteiger partial charge in [0.2, 0.25) is 0 Å². The Hall–Kier alpha value is -1.35. The van der Waals surface area contributed by atoms with Gasteiger partial charge in [0.1, 0.15) is 0 Å². The van der Waals surface area contributed by atoms with Crippen molar-refractivity contribution >= 4 is 5.97 Å². The van der Waals surface area contributed by atoms with Gasteiger partial charge in [-0.25, -0.2) is 0 Å². The van der Waals surface area contributed by atoms with E-state index in [2.05, 4.69) is 0 Å². The fourth-order valence-electron chi connectivity index (χ4n) is 2.30. The van der Waals surface area contributed by atoms with E-state index in [0.717, 1.165) is 22.3 Å². The van der Waals surface area contributed by atoms with E-state index in [1.54, 1.807) is 0 Å². The first-order chi connectivity index (χ1) is 7.45. The minimum Gasteiger partial charge on any atom is -0.481 e. The highest BCUT2D eigenvalue weighted by Gasteiger charge is 2.18. The lowest BCUT2D eigenvalue weighted by atomic mass is 9.88.